The van der Waals surface area contributed by atoms with Crippen LogP contribution in [-0.4, -0.2) is 11.7 Å². The maximum Gasteiger partial charge on any atom is 0.416 e. The largest absolute Gasteiger partial charge is 0.416 e. The summed E-state index contributed by atoms with van der Waals surface area (Å²) in [4.78, 5) is 12.0. The normalized spacial score (nSPS) is 12.7. The Kier molecular flexibility index (Phi) is 6.18. The second-order valence-electron chi connectivity index (χ2n) is 5.10. The van der Waals surface area contributed by atoms with Gasteiger partial charge in [-0.3, -0.25) is 4.79 Å². The Balaban J connectivity index is 1.97. The highest BCUT2D eigenvalue weighted by atomic mass is 35.5. The van der Waals surface area contributed by atoms with E-state index in [4.69, 9.17) is 11.6 Å². The second-order valence-corrected chi connectivity index (χ2v) is 6.84. The van der Waals surface area contributed by atoms with E-state index in [2.05, 4.69) is 5.32 Å². The van der Waals surface area contributed by atoms with Gasteiger partial charge in [-0.05, 0) is 30.7 Å². The van der Waals surface area contributed by atoms with Crippen LogP contribution >= 0.6 is 23.4 Å². The average molecular weight is 374 g/mol. The van der Waals surface area contributed by atoms with E-state index in [9.17, 15) is 18.0 Å². The van der Waals surface area contributed by atoms with Gasteiger partial charge in [-0.25, -0.2) is 0 Å². The van der Waals surface area contributed by atoms with Gasteiger partial charge in [0.05, 0.1) is 22.0 Å². The SMILES string of the molecule is CC(SCC(=O)Nc1cc(C(F)(F)F)ccc1Cl)c1ccccc1. The Hall–Kier alpha value is -1.66. The molecule has 0 aliphatic rings. The number of nitrogens with one attached hydrogen (secondary N) is 1. The molecule has 0 fully saturated rings. The van der Waals surface area contributed by atoms with Gasteiger partial charge < -0.3 is 5.32 Å². The molecule has 24 heavy (non-hydrogen) atoms. The Bertz CT molecular complexity index is 707. The zero-order valence-corrected chi connectivity index (χ0v) is 14.3. The maximum absolute atomic E-state index is 12.7. The van der Waals surface area contributed by atoms with Crippen molar-refractivity contribution in [3.8, 4) is 0 Å². The van der Waals surface area contributed by atoms with Gasteiger partial charge >= 0.3 is 6.18 Å². The number of thioether (sulfide) groups is 1. The molecule has 0 aromatic heterocycles. The van der Waals surface area contributed by atoms with Crippen LogP contribution in [0.3, 0.4) is 0 Å². The van der Waals surface area contributed by atoms with Crippen LogP contribution in [0.15, 0.2) is 48.5 Å². The standard InChI is InChI=1S/C17H15ClF3NOS/c1-11(12-5-3-2-4-6-12)24-10-16(23)22-15-9-13(17(19,20)21)7-8-14(15)18/h2-9,11H,10H2,1H3,(H,22,23). The number of hydrogen-bond acceptors (Lipinski definition) is 2. The van der Waals surface area contributed by atoms with Gasteiger partial charge in [0.25, 0.3) is 0 Å². The summed E-state index contributed by atoms with van der Waals surface area (Å²) in [6.07, 6.45) is -4.49. The summed E-state index contributed by atoms with van der Waals surface area (Å²) >= 11 is 7.26. The van der Waals surface area contributed by atoms with E-state index in [1.807, 2.05) is 37.3 Å². The van der Waals surface area contributed by atoms with E-state index in [1.54, 1.807) is 0 Å². The summed E-state index contributed by atoms with van der Waals surface area (Å²) in [5, 5.41) is 2.60. The van der Waals surface area contributed by atoms with Crippen LogP contribution in [0.25, 0.3) is 0 Å². The molecule has 1 N–H and O–H groups in total. The third-order valence-corrected chi connectivity index (χ3v) is 4.83. The van der Waals surface area contributed by atoms with Crippen LogP contribution in [0, 0.1) is 0 Å². The summed E-state index contributed by atoms with van der Waals surface area (Å²) in [5.74, 6) is -0.285. The van der Waals surface area contributed by atoms with E-state index in [0.717, 1.165) is 23.8 Å². The number of hydrogen-bond donors (Lipinski definition) is 1. The number of benzene rings is 2. The zero-order chi connectivity index (χ0) is 17.7. The van der Waals surface area contributed by atoms with Gasteiger partial charge in [-0.2, -0.15) is 13.2 Å². The molecule has 1 amide bonds. The Morgan fingerprint density at radius 1 is 1.21 bits per heavy atom. The molecule has 128 valence electrons. The molecule has 2 nitrogen and oxygen atoms in total. The van der Waals surface area contributed by atoms with Crippen LogP contribution in [0.2, 0.25) is 5.02 Å². The smallest absolute Gasteiger partial charge is 0.324 e. The van der Waals surface area contributed by atoms with Crippen LogP contribution in [0.1, 0.15) is 23.3 Å². The minimum absolute atomic E-state index is 0.0375. The first-order valence-electron chi connectivity index (χ1n) is 7.10. The molecule has 0 saturated carbocycles. The van der Waals surface area contributed by atoms with Crippen molar-refractivity contribution in [3.05, 3.63) is 64.7 Å². The van der Waals surface area contributed by atoms with Gasteiger partial charge in [0.15, 0.2) is 0 Å². The molecular formula is C17H15ClF3NOS. The van der Waals surface area contributed by atoms with Crippen molar-refractivity contribution in [2.24, 2.45) is 0 Å². The van der Waals surface area contributed by atoms with Gasteiger partial charge in [0, 0.05) is 5.25 Å². The molecule has 0 bridgehead atoms. The van der Waals surface area contributed by atoms with Gasteiger partial charge in [-0.15, -0.1) is 11.8 Å². The van der Waals surface area contributed by atoms with E-state index in [0.29, 0.717) is 0 Å². The fourth-order valence-electron chi connectivity index (χ4n) is 2.00. The fourth-order valence-corrected chi connectivity index (χ4v) is 2.99. The Morgan fingerprint density at radius 3 is 2.50 bits per heavy atom. The third-order valence-electron chi connectivity index (χ3n) is 3.30. The second kappa shape index (κ2) is 7.94. The highest BCUT2D eigenvalue weighted by Gasteiger charge is 2.31. The topological polar surface area (TPSA) is 29.1 Å². The van der Waals surface area contributed by atoms with E-state index >= 15 is 0 Å². The molecule has 1 atom stereocenters. The number of carbonyl (C=O) groups excluding carboxylic acids is 1. The number of alkyl halides is 3. The lowest BCUT2D eigenvalue weighted by molar-refractivity contribution is -0.137. The third kappa shape index (κ3) is 5.18. The van der Waals surface area contributed by atoms with Crippen molar-refractivity contribution in [1.29, 1.82) is 0 Å². The minimum atomic E-state index is -4.49. The number of halogens is 4. The van der Waals surface area contributed by atoms with Crippen molar-refractivity contribution in [2.45, 2.75) is 18.3 Å². The molecule has 0 saturated heterocycles. The predicted molar refractivity (Wildman–Crippen MR) is 92.4 cm³/mol. The molecule has 0 aliphatic carbocycles. The summed E-state index contributed by atoms with van der Waals surface area (Å²) in [5.41, 5.74) is 0.185. The fraction of sp³-hybridized carbons (Fsp3) is 0.235. The Labute approximate surface area is 147 Å². The highest BCUT2D eigenvalue weighted by Crippen LogP contribution is 2.34. The molecule has 0 spiro atoms. The van der Waals surface area contributed by atoms with Gasteiger partial charge in [0.2, 0.25) is 5.91 Å². The lowest BCUT2D eigenvalue weighted by Gasteiger charge is -2.13. The van der Waals surface area contributed by atoms with Crippen molar-refractivity contribution < 1.29 is 18.0 Å². The van der Waals surface area contributed by atoms with Crippen LogP contribution < -0.4 is 5.32 Å². The van der Waals surface area contributed by atoms with Crippen LogP contribution in [0.4, 0.5) is 18.9 Å². The molecular weight excluding hydrogens is 359 g/mol. The lowest BCUT2D eigenvalue weighted by Crippen LogP contribution is -2.16. The van der Waals surface area contributed by atoms with Crippen molar-refractivity contribution in [3.63, 3.8) is 0 Å². The van der Waals surface area contributed by atoms with Crippen molar-refractivity contribution >= 4 is 35.0 Å². The first kappa shape index (κ1) is 18.7. The molecule has 7 heteroatoms. The van der Waals surface area contributed by atoms with Gasteiger partial charge in [-0.1, -0.05) is 41.9 Å². The molecule has 0 radical (unpaired) electrons. The number of amides is 1. The van der Waals surface area contributed by atoms with Crippen molar-refractivity contribution in [2.75, 3.05) is 11.1 Å². The summed E-state index contributed by atoms with van der Waals surface area (Å²) in [6, 6.07) is 12.5. The average Bonchev–Trinajstić information content (AvgIpc) is 2.54. The van der Waals surface area contributed by atoms with E-state index in [1.165, 1.54) is 11.8 Å². The van der Waals surface area contributed by atoms with E-state index in [-0.39, 0.29) is 21.7 Å². The number of rotatable bonds is 5. The van der Waals surface area contributed by atoms with Crippen LogP contribution in [0.5, 0.6) is 0 Å². The Morgan fingerprint density at radius 2 is 1.88 bits per heavy atom. The minimum Gasteiger partial charge on any atom is -0.324 e. The van der Waals surface area contributed by atoms with Crippen molar-refractivity contribution in [1.82, 2.24) is 0 Å². The van der Waals surface area contributed by atoms with Gasteiger partial charge in [0.1, 0.15) is 0 Å². The predicted octanol–water partition coefficient (Wildman–Crippen LogP) is 5.79. The molecule has 0 heterocycles. The molecule has 1 unspecified atom stereocenters. The highest BCUT2D eigenvalue weighted by molar-refractivity contribution is 8.00. The zero-order valence-electron chi connectivity index (χ0n) is 12.7. The summed E-state index contributed by atoms with van der Waals surface area (Å²) in [6.45, 7) is 1.96. The lowest BCUT2D eigenvalue weighted by atomic mass is 10.2. The number of carbonyl (C=O) groups is 1. The monoisotopic (exact) mass is 373 g/mol. The summed E-state index contributed by atoms with van der Waals surface area (Å²) < 4.78 is 38.2. The molecule has 2 rings (SSSR count). The molecule has 0 aliphatic heterocycles. The molecule has 2 aromatic rings. The first-order valence-corrected chi connectivity index (χ1v) is 8.53. The maximum atomic E-state index is 12.7. The molecule has 2 aromatic carbocycles. The quantitative estimate of drug-likeness (QED) is 0.718. The summed E-state index contributed by atoms with van der Waals surface area (Å²) in [7, 11) is 0. The van der Waals surface area contributed by atoms with E-state index < -0.39 is 17.6 Å². The first-order chi connectivity index (χ1) is 11.3. The number of anilines is 1. The van der Waals surface area contributed by atoms with Crippen LogP contribution in [-0.2, 0) is 11.0 Å².